The van der Waals surface area contributed by atoms with E-state index in [1.165, 1.54) is 23.0 Å². The second-order valence-electron chi connectivity index (χ2n) is 3.13. The summed E-state index contributed by atoms with van der Waals surface area (Å²) in [5.74, 6) is 0. The van der Waals surface area contributed by atoms with E-state index < -0.39 is 0 Å². The first kappa shape index (κ1) is 7.41. The maximum absolute atomic E-state index is 3.40. The van der Waals surface area contributed by atoms with Gasteiger partial charge in [-0.2, -0.15) is 0 Å². The highest BCUT2D eigenvalue weighted by molar-refractivity contribution is 5.80. The van der Waals surface area contributed by atoms with Crippen molar-refractivity contribution in [1.82, 2.24) is 4.98 Å². The molecule has 0 aliphatic heterocycles. The van der Waals surface area contributed by atoms with Crippen molar-refractivity contribution in [2.75, 3.05) is 0 Å². The Balaban J connectivity index is 2.47. The largest absolute Gasteiger partial charge is 0.358 e. The third kappa shape index (κ3) is 1.22. The lowest BCUT2D eigenvalue weighted by atomic mass is 10.2. The Bertz CT molecular complexity index is 340. The monoisotopic (exact) mass is 159 g/mol. The zero-order chi connectivity index (χ0) is 8.39. The molecule has 2 aromatic rings. The van der Waals surface area contributed by atoms with Gasteiger partial charge in [-0.25, -0.2) is 0 Å². The van der Waals surface area contributed by atoms with Crippen LogP contribution in [0.4, 0.5) is 0 Å². The van der Waals surface area contributed by atoms with Crippen molar-refractivity contribution in [2.45, 2.75) is 19.8 Å². The fraction of sp³-hybridized carbons (Fsp3) is 0.273. The summed E-state index contributed by atoms with van der Waals surface area (Å²) in [5, 5.41) is 1.32. The number of para-hydroxylation sites is 1. The minimum atomic E-state index is 1.15. The molecule has 1 heterocycles. The van der Waals surface area contributed by atoms with E-state index in [4.69, 9.17) is 0 Å². The molecule has 1 nitrogen and oxygen atoms in total. The maximum Gasteiger partial charge on any atom is 0.0456 e. The Morgan fingerprint density at radius 1 is 1.25 bits per heavy atom. The van der Waals surface area contributed by atoms with Gasteiger partial charge in [0.15, 0.2) is 0 Å². The highest BCUT2D eigenvalue weighted by Crippen LogP contribution is 2.15. The van der Waals surface area contributed by atoms with E-state index in [-0.39, 0.29) is 0 Å². The first-order valence-corrected chi connectivity index (χ1v) is 4.47. The molecule has 12 heavy (non-hydrogen) atoms. The number of benzene rings is 1. The average Bonchev–Trinajstić information content (AvgIpc) is 2.47. The van der Waals surface area contributed by atoms with E-state index in [9.17, 15) is 0 Å². The van der Waals surface area contributed by atoms with Crippen LogP contribution in [0.15, 0.2) is 30.3 Å². The van der Waals surface area contributed by atoms with Gasteiger partial charge in [0.1, 0.15) is 0 Å². The molecule has 0 unspecified atom stereocenters. The standard InChI is InChI=1S/C11H13N/c1-2-5-10-8-9-6-3-4-7-11(9)12-10/h3-4,6-8,12H,2,5H2,1H3. The predicted octanol–water partition coefficient (Wildman–Crippen LogP) is 3.12. The summed E-state index contributed by atoms with van der Waals surface area (Å²) in [5.41, 5.74) is 2.60. The predicted molar refractivity (Wildman–Crippen MR) is 52.3 cm³/mol. The lowest BCUT2D eigenvalue weighted by Crippen LogP contribution is -1.79. The summed E-state index contributed by atoms with van der Waals surface area (Å²) >= 11 is 0. The van der Waals surface area contributed by atoms with Crippen LogP contribution < -0.4 is 0 Å². The molecule has 0 saturated heterocycles. The van der Waals surface area contributed by atoms with Gasteiger partial charge < -0.3 is 4.98 Å². The van der Waals surface area contributed by atoms with E-state index in [1.54, 1.807) is 0 Å². The molecule has 0 fully saturated rings. The number of H-pyrrole nitrogens is 1. The van der Waals surface area contributed by atoms with Crippen LogP contribution >= 0.6 is 0 Å². The molecule has 2 rings (SSSR count). The second kappa shape index (κ2) is 3.02. The number of aromatic amines is 1. The minimum Gasteiger partial charge on any atom is -0.358 e. The van der Waals surface area contributed by atoms with Crippen LogP contribution in [0.5, 0.6) is 0 Å². The number of hydrogen-bond donors (Lipinski definition) is 1. The molecule has 0 amide bonds. The molecule has 0 aliphatic carbocycles. The van der Waals surface area contributed by atoms with Gasteiger partial charge in [-0.1, -0.05) is 31.5 Å². The third-order valence-electron chi connectivity index (χ3n) is 2.11. The van der Waals surface area contributed by atoms with E-state index in [0.717, 1.165) is 6.42 Å². The van der Waals surface area contributed by atoms with Crippen LogP contribution in [-0.2, 0) is 6.42 Å². The SMILES string of the molecule is CCCc1cc2ccccc2[nH]1. The summed E-state index contributed by atoms with van der Waals surface area (Å²) in [6.45, 7) is 2.20. The lowest BCUT2D eigenvalue weighted by Gasteiger charge is -1.88. The topological polar surface area (TPSA) is 15.8 Å². The summed E-state index contributed by atoms with van der Waals surface area (Å²) in [7, 11) is 0. The van der Waals surface area contributed by atoms with Crippen LogP contribution in [0.2, 0.25) is 0 Å². The highest BCUT2D eigenvalue weighted by Gasteiger charge is 1.97. The van der Waals surface area contributed by atoms with E-state index in [1.807, 2.05) is 0 Å². The molecular formula is C11H13N. The Labute approximate surface area is 72.4 Å². The van der Waals surface area contributed by atoms with Crippen molar-refractivity contribution >= 4 is 10.9 Å². The highest BCUT2D eigenvalue weighted by atomic mass is 14.7. The quantitative estimate of drug-likeness (QED) is 0.693. The molecule has 0 bridgehead atoms. The number of hydrogen-bond acceptors (Lipinski definition) is 0. The zero-order valence-corrected chi connectivity index (χ0v) is 7.30. The normalized spacial score (nSPS) is 10.8. The fourth-order valence-electron chi connectivity index (χ4n) is 1.54. The Hall–Kier alpha value is -1.24. The van der Waals surface area contributed by atoms with Crippen LogP contribution in [-0.4, -0.2) is 4.98 Å². The molecule has 0 spiro atoms. The van der Waals surface area contributed by atoms with Crippen LogP contribution in [0.3, 0.4) is 0 Å². The summed E-state index contributed by atoms with van der Waals surface area (Å²) in [6.07, 6.45) is 2.35. The minimum absolute atomic E-state index is 1.15. The van der Waals surface area contributed by atoms with Gasteiger partial charge in [0.05, 0.1) is 0 Å². The molecule has 62 valence electrons. The van der Waals surface area contributed by atoms with E-state index in [0.29, 0.717) is 0 Å². The molecule has 0 saturated carbocycles. The number of aromatic nitrogens is 1. The average molecular weight is 159 g/mol. The van der Waals surface area contributed by atoms with Crippen LogP contribution in [0.1, 0.15) is 19.0 Å². The zero-order valence-electron chi connectivity index (χ0n) is 7.30. The molecule has 0 atom stereocenters. The van der Waals surface area contributed by atoms with Crippen LogP contribution in [0, 0.1) is 0 Å². The molecular weight excluding hydrogens is 146 g/mol. The van der Waals surface area contributed by atoms with Gasteiger partial charge in [0, 0.05) is 11.2 Å². The molecule has 1 aromatic carbocycles. The lowest BCUT2D eigenvalue weighted by molar-refractivity contribution is 0.896. The van der Waals surface area contributed by atoms with Gasteiger partial charge in [0.2, 0.25) is 0 Å². The maximum atomic E-state index is 3.40. The van der Waals surface area contributed by atoms with Crippen molar-refractivity contribution in [3.05, 3.63) is 36.0 Å². The van der Waals surface area contributed by atoms with E-state index >= 15 is 0 Å². The van der Waals surface area contributed by atoms with Crippen molar-refractivity contribution in [2.24, 2.45) is 0 Å². The van der Waals surface area contributed by atoms with Gasteiger partial charge in [0.25, 0.3) is 0 Å². The third-order valence-corrected chi connectivity index (χ3v) is 2.11. The van der Waals surface area contributed by atoms with E-state index in [2.05, 4.69) is 42.2 Å². The Morgan fingerprint density at radius 3 is 2.83 bits per heavy atom. The fourth-order valence-corrected chi connectivity index (χ4v) is 1.54. The Morgan fingerprint density at radius 2 is 2.08 bits per heavy atom. The first-order chi connectivity index (χ1) is 5.90. The summed E-state index contributed by atoms with van der Waals surface area (Å²) < 4.78 is 0. The smallest absolute Gasteiger partial charge is 0.0456 e. The van der Waals surface area contributed by atoms with Gasteiger partial charge in [-0.05, 0) is 23.9 Å². The molecule has 1 heteroatoms. The number of rotatable bonds is 2. The summed E-state index contributed by atoms with van der Waals surface area (Å²) in [6, 6.07) is 10.6. The summed E-state index contributed by atoms with van der Waals surface area (Å²) in [4.78, 5) is 3.40. The van der Waals surface area contributed by atoms with Gasteiger partial charge >= 0.3 is 0 Å². The second-order valence-corrected chi connectivity index (χ2v) is 3.13. The Kier molecular flexibility index (Phi) is 1.86. The molecule has 0 radical (unpaired) electrons. The van der Waals surface area contributed by atoms with Crippen molar-refractivity contribution in [1.29, 1.82) is 0 Å². The molecule has 0 aliphatic rings. The van der Waals surface area contributed by atoms with Crippen LogP contribution in [0.25, 0.3) is 10.9 Å². The van der Waals surface area contributed by atoms with Crippen molar-refractivity contribution < 1.29 is 0 Å². The number of nitrogens with one attached hydrogen (secondary N) is 1. The first-order valence-electron chi connectivity index (χ1n) is 4.47. The number of fused-ring (bicyclic) bond motifs is 1. The van der Waals surface area contributed by atoms with Gasteiger partial charge in [-0.3, -0.25) is 0 Å². The number of aryl methyl sites for hydroxylation is 1. The molecule has 1 aromatic heterocycles. The van der Waals surface area contributed by atoms with Crippen molar-refractivity contribution in [3.63, 3.8) is 0 Å². The molecule has 1 N–H and O–H groups in total. The van der Waals surface area contributed by atoms with Crippen molar-refractivity contribution in [3.8, 4) is 0 Å². The van der Waals surface area contributed by atoms with Gasteiger partial charge in [-0.15, -0.1) is 0 Å².